The smallest absolute Gasteiger partial charge is 0.244 e. The molecule has 1 unspecified atom stereocenters. The number of carbonyl (C=O) groups is 1. The lowest BCUT2D eigenvalue weighted by molar-refractivity contribution is -0.133. The Balaban J connectivity index is 2.02. The first-order chi connectivity index (χ1) is 9.02. The fourth-order valence-electron chi connectivity index (χ4n) is 2.50. The number of halogens is 1. The molecule has 6 heteroatoms. The second kappa shape index (κ2) is 5.92. The maximum Gasteiger partial charge on any atom is 0.244 e. The monoisotopic (exact) mass is 284 g/mol. The van der Waals surface area contributed by atoms with Gasteiger partial charge in [-0.1, -0.05) is 11.6 Å². The molecule has 5 nitrogen and oxygen atoms in total. The highest BCUT2D eigenvalue weighted by molar-refractivity contribution is 6.31. The van der Waals surface area contributed by atoms with E-state index in [2.05, 4.69) is 10.4 Å². The molecule has 2 rings (SSSR count). The third-order valence-corrected chi connectivity index (χ3v) is 4.31. The summed E-state index contributed by atoms with van der Waals surface area (Å²) in [6.07, 6.45) is 2.18. The predicted octanol–water partition coefficient (Wildman–Crippen LogP) is 1.36. The summed E-state index contributed by atoms with van der Waals surface area (Å²) in [7, 11) is 1.94. The van der Waals surface area contributed by atoms with Gasteiger partial charge < -0.3 is 10.2 Å². The van der Waals surface area contributed by atoms with E-state index in [1.807, 2.05) is 25.8 Å². The van der Waals surface area contributed by atoms with Gasteiger partial charge in [0.2, 0.25) is 5.91 Å². The zero-order valence-electron chi connectivity index (χ0n) is 11.7. The van der Waals surface area contributed by atoms with Gasteiger partial charge in [0.15, 0.2) is 0 Å². The predicted molar refractivity (Wildman–Crippen MR) is 75.4 cm³/mol. The molecule has 0 bridgehead atoms. The van der Waals surface area contributed by atoms with Gasteiger partial charge in [-0.15, -0.1) is 0 Å². The van der Waals surface area contributed by atoms with Crippen LogP contribution in [-0.4, -0.2) is 46.8 Å². The molecule has 1 amide bonds. The Kier molecular flexibility index (Phi) is 4.47. The number of hydrogen-bond donors (Lipinski definition) is 1. The van der Waals surface area contributed by atoms with E-state index in [9.17, 15) is 4.79 Å². The summed E-state index contributed by atoms with van der Waals surface area (Å²) in [4.78, 5) is 14.2. The number of aryl methyl sites for hydroxylation is 1. The Labute approximate surface area is 118 Å². The zero-order valence-corrected chi connectivity index (χ0v) is 12.5. The van der Waals surface area contributed by atoms with E-state index >= 15 is 0 Å². The van der Waals surface area contributed by atoms with Crippen LogP contribution in [0.25, 0.3) is 0 Å². The standard InChI is InChI=1S/C13H21ClN4O/c1-9-13(14)10(2)18(16-9)8-12(19)17-6-4-5-11(7-17)15-3/h11,15H,4-8H2,1-3H3. The molecule has 0 saturated carbocycles. The van der Waals surface area contributed by atoms with Crippen molar-refractivity contribution in [1.82, 2.24) is 20.0 Å². The molecule has 1 aliphatic rings. The molecule has 2 heterocycles. The van der Waals surface area contributed by atoms with Gasteiger partial charge in [0.25, 0.3) is 0 Å². The molecule has 0 spiro atoms. The summed E-state index contributed by atoms with van der Waals surface area (Å²) < 4.78 is 1.70. The molecule has 1 aromatic heterocycles. The van der Waals surface area contributed by atoms with E-state index in [0.29, 0.717) is 11.1 Å². The Hall–Kier alpha value is -1.07. The van der Waals surface area contributed by atoms with Crippen LogP contribution in [0.4, 0.5) is 0 Å². The number of piperidine rings is 1. The fraction of sp³-hybridized carbons (Fsp3) is 0.692. The fourth-order valence-corrected chi connectivity index (χ4v) is 2.63. The highest BCUT2D eigenvalue weighted by Crippen LogP contribution is 2.19. The number of hydrogen-bond acceptors (Lipinski definition) is 3. The quantitative estimate of drug-likeness (QED) is 0.912. The first-order valence-electron chi connectivity index (χ1n) is 6.67. The molecule has 1 aliphatic heterocycles. The molecule has 0 aliphatic carbocycles. The van der Waals surface area contributed by atoms with E-state index in [1.165, 1.54) is 0 Å². The number of carbonyl (C=O) groups excluding carboxylic acids is 1. The number of nitrogens with zero attached hydrogens (tertiary/aromatic N) is 3. The third-order valence-electron chi connectivity index (χ3n) is 3.76. The third kappa shape index (κ3) is 3.09. The molecule has 0 aromatic carbocycles. The van der Waals surface area contributed by atoms with Crippen LogP contribution in [-0.2, 0) is 11.3 Å². The lowest BCUT2D eigenvalue weighted by Gasteiger charge is -2.32. The Morgan fingerprint density at radius 2 is 2.26 bits per heavy atom. The minimum Gasteiger partial charge on any atom is -0.340 e. The van der Waals surface area contributed by atoms with Crippen molar-refractivity contribution in [2.75, 3.05) is 20.1 Å². The van der Waals surface area contributed by atoms with Crippen molar-refractivity contribution in [2.24, 2.45) is 0 Å². The molecule has 1 atom stereocenters. The van der Waals surface area contributed by atoms with Gasteiger partial charge in [-0.3, -0.25) is 9.48 Å². The van der Waals surface area contributed by atoms with Gasteiger partial charge in [0.05, 0.1) is 16.4 Å². The van der Waals surface area contributed by atoms with E-state index in [0.717, 1.165) is 37.3 Å². The molecule has 106 valence electrons. The maximum atomic E-state index is 12.3. The number of likely N-dealkylation sites (N-methyl/N-ethyl adjacent to an activating group) is 1. The number of aromatic nitrogens is 2. The summed E-state index contributed by atoms with van der Waals surface area (Å²) in [5.74, 6) is 0.113. The van der Waals surface area contributed by atoms with Crippen LogP contribution in [0, 0.1) is 13.8 Å². The van der Waals surface area contributed by atoms with Crippen molar-refractivity contribution in [2.45, 2.75) is 39.3 Å². The van der Waals surface area contributed by atoms with Gasteiger partial charge in [-0.25, -0.2) is 0 Å². The number of amides is 1. The Morgan fingerprint density at radius 3 is 2.84 bits per heavy atom. The van der Waals surface area contributed by atoms with E-state index < -0.39 is 0 Å². The van der Waals surface area contributed by atoms with Crippen molar-refractivity contribution in [3.8, 4) is 0 Å². The average Bonchev–Trinajstić information content (AvgIpc) is 2.66. The summed E-state index contributed by atoms with van der Waals surface area (Å²) in [5.41, 5.74) is 1.63. The van der Waals surface area contributed by atoms with Crippen LogP contribution in [0.2, 0.25) is 5.02 Å². The van der Waals surface area contributed by atoms with Gasteiger partial charge in [0, 0.05) is 19.1 Å². The second-order valence-corrected chi connectivity index (χ2v) is 5.49. The molecule has 1 saturated heterocycles. The summed E-state index contributed by atoms with van der Waals surface area (Å²) in [6, 6.07) is 0.404. The van der Waals surface area contributed by atoms with Crippen LogP contribution in [0.1, 0.15) is 24.2 Å². The van der Waals surface area contributed by atoms with Crippen molar-refractivity contribution in [3.63, 3.8) is 0 Å². The van der Waals surface area contributed by atoms with Crippen molar-refractivity contribution in [1.29, 1.82) is 0 Å². The van der Waals surface area contributed by atoms with Crippen LogP contribution in [0.3, 0.4) is 0 Å². The molecule has 1 aromatic rings. The van der Waals surface area contributed by atoms with E-state index in [4.69, 9.17) is 11.6 Å². The van der Waals surface area contributed by atoms with Crippen LogP contribution in [0.5, 0.6) is 0 Å². The molecule has 19 heavy (non-hydrogen) atoms. The van der Waals surface area contributed by atoms with Crippen LogP contribution < -0.4 is 5.32 Å². The van der Waals surface area contributed by atoms with E-state index in [1.54, 1.807) is 4.68 Å². The average molecular weight is 285 g/mol. The van der Waals surface area contributed by atoms with E-state index in [-0.39, 0.29) is 12.5 Å². The highest BCUT2D eigenvalue weighted by Gasteiger charge is 2.23. The molecule has 1 fully saturated rings. The van der Waals surface area contributed by atoms with Crippen molar-refractivity contribution < 1.29 is 4.79 Å². The lowest BCUT2D eigenvalue weighted by atomic mass is 10.1. The summed E-state index contributed by atoms with van der Waals surface area (Å²) in [5, 5.41) is 8.20. The lowest BCUT2D eigenvalue weighted by Crippen LogP contribution is -2.48. The number of rotatable bonds is 3. The highest BCUT2D eigenvalue weighted by atomic mass is 35.5. The largest absolute Gasteiger partial charge is 0.340 e. The zero-order chi connectivity index (χ0) is 14.0. The Morgan fingerprint density at radius 1 is 1.53 bits per heavy atom. The second-order valence-electron chi connectivity index (χ2n) is 5.11. The minimum absolute atomic E-state index is 0.113. The first kappa shape index (κ1) is 14.3. The molecule has 0 radical (unpaired) electrons. The van der Waals surface area contributed by atoms with Gasteiger partial charge in [-0.05, 0) is 33.7 Å². The van der Waals surface area contributed by atoms with Crippen molar-refractivity contribution >= 4 is 17.5 Å². The number of nitrogens with one attached hydrogen (secondary N) is 1. The summed E-state index contributed by atoms with van der Waals surface area (Å²) in [6.45, 7) is 5.64. The molecular formula is C13H21ClN4O. The minimum atomic E-state index is 0.113. The normalized spacial score (nSPS) is 19.8. The van der Waals surface area contributed by atoms with Gasteiger partial charge in [-0.2, -0.15) is 5.10 Å². The van der Waals surface area contributed by atoms with Crippen LogP contribution >= 0.6 is 11.6 Å². The maximum absolute atomic E-state index is 12.3. The number of likely N-dealkylation sites (tertiary alicyclic amines) is 1. The van der Waals surface area contributed by atoms with Gasteiger partial charge in [0.1, 0.15) is 6.54 Å². The first-order valence-corrected chi connectivity index (χ1v) is 7.05. The Bertz CT molecular complexity index is 471. The SMILES string of the molecule is CNC1CCCN(C(=O)Cn2nc(C)c(Cl)c2C)C1. The van der Waals surface area contributed by atoms with Crippen LogP contribution in [0.15, 0.2) is 0 Å². The van der Waals surface area contributed by atoms with Gasteiger partial charge >= 0.3 is 0 Å². The topological polar surface area (TPSA) is 50.2 Å². The summed E-state index contributed by atoms with van der Waals surface area (Å²) >= 11 is 6.09. The molecule has 1 N–H and O–H groups in total. The van der Waals surface area contributed by atoms with Crippen molar-refractivity contribution in [3.05, 3.63) is 16.4 Å². The molecular weight excluding hydrogens is 264 g/mol.